The predicted molar refractivity (Wildman–Crippen MR) is 135 cm³/mol. The second kappa shape index (κ2) is 10.2. The molecule has 1 atom stereocenters. The largest absolute Gasteiger partial charge is 0.370 e. The predicted octanol–water partition coefficient (Wildman–Crippen LogP) is 5.42. The van der Waals surface area contributed by atoms with Gasteiger partial charge >= 0.3 is 0 Å². The minimum atomic E-state index is 0.0279. The molecule has 7 heteroatoms. The molecule has 0 radical (unpaired) electrons. The molecule has 1 unspecified atom stereocenters. The Labute approximate surface area is 200 Å². The second-order valence-electron chi connectivity index (χ2n) is 8.76. The molecule has 4 aromatic rings. The molecule has 1 aliphatic heterocycles. The van der Waals surface area contributed by atoms with E-state index in [-0.39, 0.29) is 6.10 Å². The van der Waals surface area contributed by atoms with Crippen LogP contribution in [0.1, 0.15) is 37.0 Å². The summed E-state index contributed by atoms with van der Waals surface area (Å²) in [6, 6.07) is 18.5. The molecule has 3 N–H and O–H groups in total. The number of hydrogen-bond acceptors (Lipinski definition) is 6. The molecule has 0 saturated carbocycles. The van der Waals surface area contributed by atoms with Gasteiger partial charge in [-0.25, -0.2) is 9.97 Å². The van der Waals surface area contributed by atoms with Crippen LogP contribution in [0.2, 0.25) is 0 Å². The number of aryl methyl sites for hydroxylation is 1. The van der Waals surface area contributed by atoms with Crippen molar-refractivity contribution in [1.29, 1.82) is 0 Å². The number of piperidine rings is 1. The molecule has 1 fully saturated rings. The summed E-state index contributed by atoms with van der Waals surface area (Å²) in [5.74, 6) is 0.539. The van der Waals surface area contributed by atoms with Crippen LogP contribution in [0.3, 0.4) is 0 Å². The maximum absolute atomic E-state index is 6.30. The molecule has 7 nitrogen and oxygen atoms in total. The maximum atomic E-state index is 6.30. The summed E-state index contributed by atoms with van der Waals surface area (Å²) in [5.41, 5.74) is 6.94. The molecule has 174 valence electrons. The zero-order valence-electron chi connectivity index (χ0n) is 19.6. The first-order valence-electron chi connectivity index (χ1n) is 11.8. The lowest BCUT2D eigenvalue weighted by atomic mass is 10.0. The van der Waals surface area contributed by atoms with E-state index in [1.165, 1.54) is 5.56 Å². The van der Waals surface area contributed by atoms with E-state index in [2.05, 4.69) is 76.1 Å². The van der Waals surface area contributed by atoms with Crippen LogP contribution in [0.5, 0.6) is 0 Å². The number of anilines is 2. The van der Waals surface area contributed by atoms with Gasteiger partial charge in [0.15, 0.2) is 0 Å². The normalized spacial score (nSPS) is 15.2. The van der Waals surface area contributed by atoms with E-state index >= 15 is 0 Å². The average Bonchev–Trinajstić information content (AvgIpc) is 3.36. The van der Waals surface area contributed by atoms with E-state index in [1.807, 2.05) is 24.4 Å². The first-order chi connectivity index (χ1) is 16.7. The van der Waals surface area contributed by atoms with Gasteiger partial charge in [0.25, 0.3) is 0 Å². The van der Waals surface area contributed by atoms with Crippen LogP contribution in [0, 0.1) is 6.92 Å². The molecule has 3 heterocycles. The van der Waals surface area contributed by atoms with E-state index in [9.17, 15) is 0 Å². The maximum Gasteiger partial charge on any atom is 0.227 e. The minimum Gasteiger partial charge on any atom is -0.370 e. The van der Waals surface area contributed by atoms with Crippen molar-refractivity contribution in [3.63, 3.8) is 0 Å². The molecule has 2 aromatic heterocycles. The molecular weight excluding hydrogens is 424 g/mol. The Balaban J connectivity index is 1.33. The molecule has 2 aromatic carbocycles. The number of H-pyrrole nitrogens is 1. The number of benzene rings is 2. The van der Waals surface area contributed by atoms with Crippen molar-refractivity contribution in [3.8, 4) is 22.5 Å². The lowest BCUT2D eigenvalue weighted by molar-refractivity contribution is -0.0186. The number of rotatable bonds is 7. The summed E-state index contributed by atoms with van der Waals surface area (Å²) in [4.78, 5) is 9.20. The molecule has 5 rings (SSSR count). The lowest BCUT2D eigenvalue weighted by Crippen LogP contribution is -2.33. The third kappa shape index (κ3) is 5.16. The highest BCUT2D eigenvalue weighted by Gasteiger charge is 2.18. The Kier molecular flexibility index (Phi) is 6.65. The van der Waals surface area contributed by atoms with Crippen LogP contribution in [-0.4, -0.2) is 39.4 Å². The average molecular weight is 455 g/mol. The van der Waals surface area contributed by atoms with Crippen LogP contribution in [0.4, 0.5) is 11.6 Å². The van der Waals surface area contributed by atoms with Gasteiger partial charge in [-0.3, -0.25) is 5.10 Å². The van der Waals surface area contributed by atoms with Crippen molar-refractivity contribution in [2.45, 2.75) is 38.9 Å². The van der Waals surface area contributed by atoms with E-state index in [0.717, 1.165) is 59.7 Å². The summed E-state index contributed by atoms with van der Waals surface area (Å²) in [7, 11) is 0. The summed E-state index contributed by atoms with van der Waals surface area (Å²) < 4.78 is 6.30. The Morgan fingerprint density at radius 1 is 1.06 bits per heavy atom. The van der Waals surface area contributed by atoms with Crippen molar-refractivity contribution < 1.29 is 4.74 Å². The van der Waals surface area contributed by atoms with Gasteiger partial charge < -0.3 is 15.4 Å². The summed E-state index contributed by atoms with van der Waals surface area (Å²) in [5, 5.41) is 14.2. The third-order valence-electron chi connectivity index (χ3n) is 6.19. The molecule has 1 saturated heterocycles. The van der Waals surface area contributed by atoms with E-state index < -0.39 is 0 Å². The minimum absolute atomic E-state index is 0.0279. The molecule has 0 amide bonds. The molecule has 0 bridgehead atoms. The van der Waals surface area contributed by atoms with Crippen LogP contribution in [0.25, 0.3) is 22.5 Å². The Morgan fingerprint density at radius 2 is 1.88 bits per heavy atom. The number of aromatic nitrogens is 4. The van der Waals surface area contributed by atoms with Crippen LogP contribution >= 0.6 is 0 Å². The van der Waals surface area contributed by atoms with Crippen molar-refractivity contribution in [3.05, 3.63) is 78.1 Å². The number of hydrogen-bond donors (Lipinski definition) is 3. The topological polar surface area (TPSA) is 87.8 Å². The Morgan fingerprint density at radius 3 is 2.71 bits per heavy atom. The molecule has 1 aliphatic rings. The van der Waals surface area contributed by atoms with Crippen molar-refractivity contribution in [2.75, 3.05) is 18.4 Å². The number of nitrogens with zero attached hydrogens (tertiary/aromatic N) is 3. The monoisotopic (exact) mass is 454 g/mol. The first-order valence-corrected chi connectivity index (χ1v) is 11.8. The highest BCUT2D eigenvalue weighted by molar-refractivity contribution is 5.78. The first kappa shape index (κ1) is 22.3. The standard InChI is InChI=1S/C27H30N6O/c1-18-6-8-20(9-7-18)26-24(17-30-33-26)25-12-15-29-27(32-25)31-22-5-3-4-21(16-22)19(2)34-23-10-13-28-14-11-23/h3-9,12,15-17,19,23,28H,10-11,13-14H2,1-2H3,(H,30,33)(H,29,31,32). The summed E-state index contributed by atoms with van der Waals surface area (Å²) >= 11 is 0. The van der Waals surface area contributed by atoms with Gasteiger partial charge in [-0.2, -0.15) is 5.10 Å². The zero-order chi connectivity index (χ0) is 23.3. The van der Waals surface area contributed by atoms with Gasteiger partial charge in [-0.1, -0.05) is 42.0 Å². The van der Waals surface area contributed by atoms with Gasteiger partial charge in [0.2, 0.25) is 5.95 Å². The molecular formula is C27H30N6O. The fourth-order valence-electron chi connectivity index (χ4n) is 4.28. The Hall–Kier alpha value is -3.55. The zero-order valence-corrected chi connectivity index (χ0v) is 19.6. The SMILES string of the molecule is Cc1ccc(-c2n[nH]cc2-c2ccnc(Nc3cccc(C(C)OC4CCNCC4)c3)n2)cc1. The summed E-state index contributed by atoms with van der Waals surface area (Å²) in [6.07, 6.45) is 6.10. The van der Waals surface area contributed by atoms with Gasteiger partial charge in [0.05, 0.1) is 17.9 Å². The fourth-order valence-corrected chi connectivity index (χ4v) is 4.28. The van der Waals surface area contributed by atoms with Gasteiger partial charge in [0, 0.05) is 29.2 Å². The molecule has 0 aliphatic carbocycles. The highest BCUT2D eigenvalue weighted by Crippen LogP contribution is 2.30. The molecule has 0 spiro atoms. The number of nitrogens with one attached hydrogen (secondary N) is 3. The van der Waals surface area contributed by atoms with Gasteiger partial charge in [-0.15, -0.1) is 0 Å². The number of aromatic amines is 1. The second-order valence-corrected chi connectivity index (χ2v) is 8.76. The van der Waals surface area contributed by atoms with Crippen molar-refractivity contribution in [1.82, 2.24) is 25.5 Å². The number of ether oxygens (including phenoxy) is 1. The van der Waals surface area contributed by atoms with Gasteiger partial charge in [0.1, 0.15) is 5.69 Å². The molecule has 34 heavy (non-hydrogen) atoms. The van der Waals surface area contributed by atoms with Crippen LogP contribution in [-0.2, 0) is 4.74 Å². The van der Waals surface area contributed by atoms with Crippen LogP contribution < -0.4 is 10.6 Å². The highest BCUT2D eigenvalue weighted by atomic mass is 16.5. The van der Waals surface area contributed by atoms with Crippen molar-refractivity contribution >= 4 is 11.6 Å². The van der Waals surface area contributed by atoms with Crippen LogP contribution in [0.15, 0.2) is 67.0 Å². The summed E-state index contributed by atoms with van der Waals surface area (Å²) in [6.45, 7) is 6.24. The van der Waals surface area contributed by atoms with Crippen molar-refractivity contribution in [2.24, 2.45) is 0 Å². The van der Waals surface area contributed by atoms with E-state index in [0.29, 0.717) is 12.1 Å². The van der Waals surface area contributed by atoms with Gasteiger partial charge in [-0.05, 0) is 63.5 Å². The van der Waals surface area contributed by atoms with E-state index in [1.54, 1.807) is 6.20 Å². The fraction of sp³-hybridized carbons (Fsp3) is 0.296. The Bertz CT molecular complexity index is 1230. The van der Waals surface area contributed by atoms with E-state index in [4.69, 9.17) is 9.72 Å². The smallest absolute Gasteiger partial charge is 0.227 e. The lowest BCUT2D eigenvalue weighted by Gasteiger charge is -2.26. The third-order valence-corrected chi connectivity index (χ3v) is 6.19. The quantitative estimate of drug-likeness (QED) is 0.346.